The van der Waals surface area contributed by atoms with Crippen LogP contribution in [0, 0.1) is 0 Å². The zero-order valence-corrected chi connectivity index (χ0v) is 13.6. The van der Waals surface area contributed by atoms with Crippen molar-refractivity contribution in [3.8, 4) is 0 Å². The van der Waals surface area contributed by atoms with Gasteiger partial charge >= 0.3 is 6.09 Å². The Bertz CT molecular complexity index is 545. The first-order valence-corrected chi connectivity index (χ1v) is 7.46. The van der Waals surface area contributed by atoms with Crippen LogP contribution in [0.15, 0.2) is 24.3 Å². The fraction of sp³-hybridized carbons (Fsp3) is 0.529. The van der Waals surface area contributed by atoms with Gasteiger partial charge in [-0.25, -0.2) is 4.79 Å². The number of ketones is 1. The molecule has 1 aromatic carbocycles. The molecule has 5 heteroatoms. The number of carbonyl (C=O) groups is 2. The summed E-state index contributed by atoms with van der Waals surface area (Å²) in [6.07, 6.45) is -0.337. The molecule has 0 spiro atoms. The third-order valence-electron chi connectivity index (χ3n) is 3.46. The molecule has 1 atom stereocenters. The molecule has 0 N–H and O–H groups in total. The van der Waals surface area contributed by atoms with E-state index < -0.39 is 5.60 Å². The van der Waals surface area contributed by atoms with Crippen molar-refractivity contribution < 1.29 is 19.1 Å². The van der Waals surface area contributed by atoms with E-state index in [0.29, 0.717) is 25.3 Å². The third kappa shape index (κ3) is 4.07. The Kier molecular flexibility index (Phi) is 4.86. The van der Waals surface area contributed by atoms with Crippen LogP contribution in [-0.4, -0.2) is 42.1 Å². The highest BCUT2D eigenvalue weighted by molar-refractivity contribution is 5.94. The predicted octanol–water partition coefficient (Wildman–Crippen LogP) is 3.20. The van der Waals surface area contributed by atoms with Gasteiger partial charge in [-0.3, -0.25) is 9.69 Å². The molecule has 1 amide bonds. The number of carbonyl (C=O) groups excluding carboxylic acids is 2. The average molecular weight is 305 g/mol. The van der Waals surface area contributed by atoms with E-state index in [4.69, 9.17) is 9.47 Å². The second kappa shape index (κ2) is 6.48. The monoisotopic (exact) mass is 305 g/mol. The lowest BCUT2D eigenvalue weighted by molar-refractivity contribution is -0.0331. The van der Waals surface area contributed by atoms with Crippen molar-refractivity contribution in [1.82, 2.24) is 4.90 Å². The van der Waals surface area contributed by atoms with Crippen LogP contribution in [0.4, 0.5) is 4.79 Å². The largest absolute Gasteiger partial charge is 0.444 e. The molecule has 1 aromatic rings. The van der Waals surface area contributed by atoms with Gasteiger partial charge in [0.2, 0.25) is 0 Å². The van der Waals surface area contributed by atoms with E-state index in [1.54, 1.807) is 17.0 Å². The zero-order chi connectivity index (χ0) is 16.3. The van der Waals surface area contributed by atoms with Gasteiger partial charge in [-0.2, -0.15) is 0 Å². The fourth-order valence-corrected chi connectivity index (χ4v) is 2.36. The van der Waals surface area contributed by atoms with Crippen molar-refractivity contribution in [1.29, 1.82) is 0 Å². The number of amides is 1. The highest BCUT2D eigenvalue weighted by Crippen LogP contribution is 2.26. The van der Waals surface area contributed by atoms with Gasteiger partial charge in [-0.15, -0.1) is 0 Å². The molecule has 0 radical (unpaired) electrons. The van der Waals surface area contributed by atoms with Crippen LogP contribution in [0.2, 0.25) is 0 Å². The van der Waals surface area contributed by atoms with Crippen LogP contribution in [0.5, 0.6) is 0 Å². The molecule has 120 valence electrons. The van der Waals surface area contributed by atoms with Crippen LogP contribution in [-0.2, 0) is 9.47 Å². The van der Waals surface area contributed by atoms with E-state index in [-0.39, 0.29) is 17.9 Å². The summed E-state index contributed by atoms with van der Waals surface area (Å²) in [4.78, 5) is 25.4. The molecule has 1 aliphatic heterocycles. The fourth-order valence-electron chi connectivity index (χ4n) is 2.36. The Morgan fingerprint density at radius 1 is 1.23 bits per heavy atom. The molecule has 0 bridgehead atoms. The summed E-state index contributed by atoms with van der Waals surface area (Å²) in [6.45, 7) is 8.51. The summed E-state index contributed by atoms with van der Waals surface area (Å²) in [6, 6.07) is 7.10. The van der Waals surface area contributed by atoms with Crippen molar-refractivity contribution in [2.45, 2.75) is 39.3 Å². The molecule has 0 unspecified atom stereocenters. The molecule has 2 rings (SSSR count). The lowest BCUT2D eigenvalue weighted by atomic mass is 10.0. The van der Waals surface area contributed by atoms with Gasteiger partial charge in [0.1, 0.15) is 5.60 Å². The first kappa shape index (κ1) is 16.5. The average Bonchev–Trinajstić information content (AvgIpc) is 2.45. The predicted molar refractivity (Wildman–Crippen MR) is 82.9 cm³/mol. The second-order valence-electron chi connectivity index (χ2n) is 6.44. The Balaban J connectivity index is 2.19. The Labute approximate surface area is 131 Å². The molecule has 0 aromatic heterocycles. The van der Waals surface area contributed by atoms with Gasteiger partial charge in [-0.05, 0) is 33.3 Å². The van der Waals surface area contributed by atoms with Crippen molar-refractivity contribution >= 4 is 11.9 Å². The van der Waals surface area contributed by atoms with Crippen molar-refractivity contribution in [3.63, 3.8) is 0 Å². The molecule has 1 saturated heterocycles. The Morgan fingerprint density at radius 3 is 2.41 bits per heavy atom. The number of morpholine rings is 1. The summed E-state index contributed by atoms with van der Waals surface area (Å²) in [5, 5.41) is 0. The van der Waals surface area contributed by atoms with Gasteiger partial charge in [0.25, 0.3) is 0 Å². The minimum absolute atomic E-state index is 0.0236. The Morgan fingerprint density at radius 2 is 1.86 bits per heavy atom. The van der Waals surface area contributed by atoms with Gasteiger partial charge in [0.15, 0.2) is 5.78 Å². The standard InChI is InChI=1S/C17H23NO4/c1-12(19)13-5-7-14(8-6-13)15-11-21-10-9-18(15)16(20)22-17(2,3)4/h5-8,15H,9-11H2,1-4H3/t15-/m0/s1. The van der Waals surface area contributed by atoms with Crippen molar-refractivity contribution in [2.24, 2.45) is 0 Å². The lowest BCUT2D eigenvalue weighted by Crippen LogP contribution is -2.45. The first-order chi connectivity index (χ1) is 10.3. The molecule has 1 aliphatic rings. The maximum absolute atomic E-state index is 12.4. The van der Waals surface area contributed by atoms with E-state index in [0.717, 1.165) is 5.56 Å². The van der Waals surface area contributed by atoms with E-state index in [9.17, 15) is 9.59 Å². The lowest BCUT2D eigenvalue weighted by Gasteiger charge is -2.36. The molecular weight excluding hydrogens is 282 g/mol. The molecule has 0 aliphatic carbocycles. The van der Waals surface area contributed by atoms with Crippen molar-refractivity contribution in [3.05, 3.63) is 35.4 Å². The van der Waals surface area contributed by atoms with E-state index in [1.807, 2.05) is 32.9 Å². The number of Topliss-reactive ketones (excluding diaryl/α,β-unsaturated/α-hetero) is 1. The molecule has 0 saturated carbocycles. The van der Waals surface area contributed by atoms with Crippen LogP contribution in [0.3, 0.4) is 0 Å². The van der Waals surface area contributed by atoms with Crippen molar-refractivity contribution in [2.75, 3.05) is 19.8 Å². The quantitative estimate of drug-likeness (QED) is 0.787. The second-order valence-corrected chi connectivity index (χ2v) is 6.44. The summed E-state index contributed by atoms with van der Waals surface area (Å²) in [7, 11) is 0. The smallest absolute Gasteiger partial charge is 0.410 e. The summed E-state index contributed by atoms with van der Waals surface area (Å²) >= 11 is 0. The van der Waals surface area contributed by atoms with E-state index in [1.165, 1.54) is 6.92 Å². The number of nitrogens with zero attached hydrogens (tertiary/aromatic N) is 1. The van der Waals surface area contributed by atoms with Crippen LogP contribution in [0.1, 0.15) is 49.7 Å². The zero-order valence-electron chi connectivity index (χ0n) is 13.6. The van der Waals surface area contributed by atoms with Gasteiger partial charge in [0.05, 0.1) is 19.3 Å². The third-order valence-corrected chi connectivity index (χ3v) is 3.46. The molecule has 22 heavy (non-hydrogen) atoms. The normalized spacial score (nSPS) is 18.9. The number of rotatable bonds is 2. The van der Waals surface area contributed by atoms with E-state index in [2.05, 4.69) is 0 Å². The summed E-state index contributed by atoms with van der Waals surface area (Å²) in [5.41, 5.74) is 1.07. The number of hydrogen-bond donors (Lipinski definition) is 0. The first-order valence-electron chi connectivity index (χ1n) is 7.46. The van der Waals surface area contributed by atoms with Gasteiger partial charge < -0.3 is 9.47 Å². The van der Waals surface area contributed by atoms with Crippen LogP contribution >= 0.6 is 0 Å². The molecule has 1 heterocycles. The summed E-state index contributed by atoms with van der Waals surface area (Å²) in [5.74, 6) is 0.0236. The maximum atomic E-state index is 12.4. The van der Waals surface area contributed by atoms with E-state index >= 15 is 0 Å². The number of hydrogen-bond acceptors (Lipinski definition) is 4. The summed E-state index contributed by atoms with van der Waals surface area (Å²) < 4.78 is 11.0. The minimum Gasteiger partial charge on any atom is -0.444 e. The van der Waals surface area contributed by atoms with Crippen LogP contribution < -0.4 is 0 Å². The highest BCUT2D eigenvalue weighted by Gasteiger charge is 2.31. The van der Waals surface area contributed by atoms with Crippen LogP contribution in [0.25, 0.3) is 0 Å². The minimum atomic E-state index is -0.529. The topological polar surface area (TPSA) is 55.8 Å². The van der Waals surface area contributed by atoms with Gasteiger partial charge in [-0.1, -0.05) is 24.3 Å². The van der Waals surface area contributed by atoms with Gasteiger partial charge in [0, 0.05) is 12.1 Å². The highest BCUT2D eigenvalue weighted by atomic mass is 16.6. The maximum Gasteiger partial charge on any atom is 0.410 e. The Hall–Kier alpha value is -1.88. The molecule has 5 nitrogen and oxygen atoms in total. The SMILES string of the molecule is CC(=O)c1ccc([C@@H]2COCCN2C(=O)OC(C)(C)C)cc1. The molecular formula is C17H23NO4. The number of ether oxygens (including phenoxy) is 2. The molecule has 1 fully saturated rings. The number of benzene rings is 1.